The van der Waals surface area contributed by atoms with Crippen molar-refractivity contribution in [2.24, 2.45) is 5.41 Å². The Labute approximate surface area is 218 Å². The van der Waals surface area contributed by atoms with Gasteiger partial charge in [-0.3, -0.25) is 4.79 Å². The van der Waals surface area contributed by atoms with Crippen molar-refractivity contribution >= 4 is 34.4 Å². The van der Waals surface area contributed by atoms with Crippen molar-refractivity contribution in [3.63, 3.8) is 0 Å². The predicted octanol–water partition coefficient (Wildman–Crippen LogP) is 4.02. The molecule has 198 valence electrons. The van der Waals surface area contributed by atoms with Crippen molar-refractivity contribution < 1.29 is 24.5 Å². The molecule has 1 aromatic carbocycles. The first kappa shape index (κ1) is 27.0. The highest BCUT2D eigenvalue weighted by molar-refractivity contribution is 6.30. The number of piperidine rings is 1. The van der Waals surface area contributed by atoms with Crippen LogP contribution in [0.4, 0.5) is 10.2 Å². The van der Waals surface area contributed by atoms with Crippen LogP contribution in [-0.4, -0.2) is 56.6 Å². The van der Waals surface area contributed by atoms with E-state index < -0.39 is 40.3 Å². The molecule has 8 nitrogen and oxygen atoms in total. The SMILES string of the molecule is CC(C)(C)[C@@H](CO)n1cc(C(=O)O)c(=O)c2cc(Cc3cccc(Cl)c3F)c(N3CCC(O)CC3)nc21. The van der Waals surface area contributed by atoms with Crippen molar-refractivity contribution in [1.29, 1.82) is 0 Å². The third kappa shape index (κ3) is 5.35. The van der Waals surface area contributed by atoms with E-state index in [2.05, 4.69) is 0 Å². The number of aliphatic hydroxyl groups excluding tert-OH is 2. The largest absolute Gasteiger partial charge is 0.477 e. The van der Waals surface area contributed by atoms with Crippen molar-refractivity contribution in [3.8, 4) is 0 Å². The fourth-order valence-electron chi connectivity index (χ4n) is 4.84. The van der Waals surface area contributed by atoms with E-state index >= 15 is 0 Å². The second-order valence-electron chi connectivity index (χ2n) is 10.6. The molecule has 1 fully saturated rings. The van der Waals surface area contributed by atoms with E-state index in [1.165, 1.54) is 12.3 Å². The number of halogens is 2. The van der Waals surface area contributed by atoms with Gasteiger partial charge >= 0.3 is 5.97 Å². The van der Waals surface area contributed by atoms with Crippen LogP contribution in [0.25, 0.3) is 11.0 Å². The van der Waals surface area contributed by atoms with Crippen LogP contribution in [0.5, 0.6) is 0 Å². The summed E-state index contributed by atoms with van der Waals surface area (Å²) in [4.78, 5) is 32.1. The number of pyridine rings is 2. The van der Waals surface area contributed by atoms with Gasteiger partial charge in [-0.2, -0.15) is 0 Å². The van der Waals surface area contributed by atoms with Gasteiger partial charge in [-0.05, 0) is 36.0 Å². The number of carbonyl (C=O) groups is 1. The Hall–Kier alpha value is -3.01. The fourth-order valence-corrected chi connectivity index (χ4v) is 5.04. The summed E-state index contributed by atoms with van der Waals surface area (Å²) in [6.45, 7) is 6.42. The van der Waals surface area contributed by atoms with Gasteiger partial charge in [-0.1, -0.05) is 44.5 Å². The number of hydrogen-bond acceptors (Lipinski definition) is 6. The molecular weight excluding hydrogens is 501 g/mol. The highest BCUT2D eigenvalue weighted by atomic mass is 35.5. The highest BCUT2D eigenvalue weighted by Gasteiger charge is 2.30. The van der Waals surface area contributed by atoms with Crippen LogP contribution in [0.2, 0.25) is 5.02 Å². The topological polar surface area (TPSA) is 116 Å². The molecule has 1 aliphatic heterocycles. The maximum atomic E-state index is 14.9. The lowest BCUT2D eigenvalue weighted by Gasteiger charge is -2.34. The van der Waals surface area contributed by atoms with Crippen LogP contribution in [-0.2, 0) is 6.42 Å². The zero-order chi connectivity index (χ0) is 27.1. The molecular formula is C27H31ClFN3O5. The van der Waals surface area contributed by atoms with Crippen LogP contribution in [0.3, 0.4) is 0 Å². The lowest BCUT2D eigenvalue weighted by Crippen LogP contribution is -2.37. The van der Waals surface area contributed by atoms with Crippen LogP contribution in [0, 0.1) is 11.2 Å². The predicted molar refractivity (Wildman–Crippen MR) is 140 cm³/mol. The minimum Gasteiger partial charge on any atom is -0.477 e. The van der Waals surface area contributed by atoms with Crippen molar-refractivity contribution in [2.45, 2.75) is 52.2 Å². The molecule has 1 atom stereocenters. The van der Waals surface area contributed by atoms with Gasteiger partial charge < -0.3 is 24.8 Å². The Balaban J connectivity index is 2.02. The molecule has 2 aromatic heterocycles. The van der Waals surface area contributed by atoms with Gasteiger partial charge in [-0.25, -0.2) is 14.2 Å². The van der Waals surface area contributed by atoms with E-state index in [0.29, 0.717) is 42.9 Å². The zero-order valence-electron chi connectivity index (χ0n) is 21.0. The van der Waals surface area contributed by atoms with E-state index in [1.54, 1.807) is 22.8 Å². The van der Waals surface area contributed by atoms with E-state index in [4.69, 9.17) is 16.6 Å². The summed E-state index contributed by atoms with van der Waals surface area (Å²) in [6, 6.07) is 5.68. The number of nitrogens with zero attached hydrogens (tertiary/aromatic N) is 3. The monoisotopic (exact) mass is 531 g/mol. The summed E-state index contributed by atoms with van der Waals surface area (Å²) in [5, 5.41) is 30.1. The number of aromatic carboxylic acids is 1. The molecule has 0 amide bonds. The maximum absolute atomic E-state index is 14.9. The molecule has 37 heavy (non-hydrogen) atoms. The number of benzene rings is 1. The van der Waals surface area contributed by atoms with E-state index in [1.807, 2.05) is 25.7 Å². The molecule has 0 aliphatic carbocycles. The van der Waals surface area contributed by atoms with E-state index in [-0.39, 0.29) is 29.1 Å². The normalized spacial score (nSPS) is 15.8. The number of rotatable bonds is 6. The summed E-state index contributed by atoms with van der Waals surface area (Å²) in [7, 11) is 0. The highest BCUT2D eigenvalue weighted by Crippen LogP contribution is 2.34. The number of carboxylic acids is 1. The first-order valence-corrected chi connectivity index (χ1v) is 12.6. The van der Waals surface area contributed by atoms with Crippen molar-refractivity contribution in [2.75, 3.05) is 24.6 Å². The summed E-state index contributed by atoms with van der Waals surface area (Å²) >= 11 is 6.00. The Bertz CT molecular complexity index is 1390. The fraction of sp³-hybridized carbons (Fsp3) is 0.444. The van der Waals surface area contributed by atoms with E-state index in [0.717, 1.165) is 0 Å². The minimum atomic E-state index is -1.39. The molecule has 1 saturated heterocycles. The molecule has 3 N–H and O–H groups in total. The third-order valence-corrected chi connectivity index (χ3v) is 7.27. The molecule has 10 heteroatoms. The van der Waals surface area contributed by atoms with Gasteiger partial charge in [0, 0.05) is 31.3 Å². The third-order valence-electron chi connectivity index (χ3n) is 6.98. The standard InChI is InChI=1S/C27H31ClFN3O5/c1-27(2,3)21(14-33)32-13-19(26(36)37)23(35)18-12-16(11-15-5-4-6-20(28)22(15)29)24(30-25(18)32)31-9-7-17(34)8-10-31/h4-6,12-13,17,21,33-34H,7-11,14H2,1-3H3,(H,36,37)/t21-/m1/s1. The lowest BCUT2D eigenvalue weighted by molar-refractivity contribution is 0.0692. The molecule has 3 heterocycles. The Morgan fingerprint density at radius 1 is 1.24 bits per heavy atom. The average Bonchev–Trinajstić information content (AvgIpc) is 2.83. The number of aromatic nitrogens is 2. The number of aliphatic hydroxyl groups is 2. The van der Waals surface area contributed by atoms with Gasteiger partial charge in [0.2, 0.25) is 5.43 Å². The Morgan fingerprint density at radius 3 is 2.51 bits per heavy atom. The second-order valence-corrected chi connectivity index (χ2v) is 11.0. The van der Waals surface area contributed by atoms with Crippen LogP contribution in [0.1, 0.15) is 61.1 Å². The number of carboxylic acid groups (broad SMARTS) is 1. The van der Waals surface area contributed by atoms with Crippen molar-refractivity contribution in [1.82, 2.24) is 9.55 Å². The molecule has 0 bridgehead atoms. The smallest absolute Gasteiger partial charge is 0.341 e. The summed E-state index contributed by atoms with van der Waals surface area (Å²) in [6.07, 6.45) is 1.93. The van der Waals surface area contributed by atoms with Gasteiger partial charge in [0.05, 0.1) is 29.2 Å². The Kier molecular flexibility index (Phi) is 7.60. The molecule has 1 aliphatic rings. The number of hydrogen-bond donors (Lipinski definition) is 3. The molecule has 0 saturated carbocycles. The first-order valence-electron chi connectivity index (χ1n) is 12.2. The quantitative estimate of drug-likeness (QED) is 0.440. The molecule has 4 rings (SSSR count). The molecule has 0 spiro atoms. The first-order chi connectivity index (χ1) is 17.4. The summed E-state index contributed by atoms with van der Waals surface area (Å²) in [5.74, 6) is -1.45. The zero-order valence-corrected chi connectivity index (χ0v) is 21.8. The molecule has 0 radical (unpaired) electrons. The van der Waals surface area contributed by atoms with Gasteiger partial charge in [0.25, 0.3) is 0 Å². The number of anilines is 1. The summed E-state index contributed by atoms with van der Waals surface area (Å²) in [5.41, 5.74) is -0.555. The minimum absolute atomic E-state index is 0.0274. The van der Waals surface area contributed by atoms with Gasteiger partial charge in [-0.15, -0.1) is 0 Å². The van der Waals surface area contributed by atoms with Crippen LogP contribution >= 0.6 is 11.6 Å². The van der Waals surface area contributed by atoms with Crippen molar-refractivity contribution in [3.05, 3.63) is 68.2 Å². The molecule has 0 unspecified atom stereocenters. The number of fused-ring (bicyclic) bond motifs is 1. The maximum Gasteiger partial charge on any atom is 0.341 e. The van der Waals surface area contributed by atoms with Crippen LogP contribution < -0.4 is 10.3 Å². The van der Waals surface area contributed by atoms with Gasteiger partial charge in [0.15, 0.2) is 0 Å². The van der Waals surface area contributed by atoms with Crippen LogP contribution in [0.15, 0.2) is 35.3 Å². The Morgan fingerprint density at radius 2 is 1.92 bits per heavy atom. The average molecular weight is 532 g/mol. The van der Waals surface area contributed by atoms with E-state index in [9.17, 15) is 29.3 Å². The van der Waals surface area contributed by atoms with Gasteiger partial charge in [0.1, 0.15) is 22.8 Å². The molecule has 3 aromatic rings. The second kappa shape index (κ2) is 10.4. The summed E-state index contributed by atoms with van der Waals surface area (Å²) < 4.78 is 16.4. The lowest BCUT2D eigenvalue weighted by atomic mass is 9.86.